The number of aryl methyl sites for hydroxylation is 4. The molecular weight excluding hydrogens is 701 g/mol. The Morgan fingerprint density at radius 2 is 0.800 bits per heavy atom. The van der Waals surface area contributed by atoms with Crippen LogP contribution in [-0.2, 0) is 46.2 Å². The van der Waals surface area contributed by atoms with E-state index in [0.29, 0.717) is 36.0 Å². The van der Waals surface area contributed by atoms with Crippen LogP contribution in [0.4, 0.5) is 0 Å². The standard InChI is InChI=1S/C40H34N2O4S4/c1-23-5-9-27(10-6-23)49(43,44)41-15-31-25(3)13-29-35-19-48-22-38(35)40-30(36-20-47-21-37(36)39(29)33(31)17-41)14-26(4)32-16-42(18-34(32)40)50(45,46)28-11-7-24(2)8-12-28/h5-14,19-22H,15-18H2,1-4H3. The second-order valence-corrected chi connectivity index (χ2v) is 19.1. The second kappa shape index (κ2) is 11.3. The summed E-state index contributed by atoms with van der Waals surface area (Å²) in [5.74, 6) is 0. The number of rotatable bonds is 4. The fraction of sp³-hybridized carbons (Fsp3) is 0.200. The summed E-state index contributed by atoms with van der Waals surface area (Å²) >= 11 is 3.29. The van der Waals surface area contributed by atoms with Gasteiger partial charge in [-0.25, -0.2) is 16.8 Å². The molecule has 6 nitrogen and oxygen atoms in total. The maximum atomic E-state index is 14.0. The molecule has 4 aromatic carbocycles. The maximum Gasteiger partial charge on any atom is 0.243 e. The van der Waals surface area contributed by atoms with E-state index in [0.717, 1.165) is 89.0 Å². The highest BCUT2D eigenvalue weighted by atomic mass is 32.2. The Morgan fingerprint density at radius 1 is 0.460 bits per heavy atom. The minimum atomic E-state index is -3.71. The van der Waals surface area contributed by atoms with Gasteiger partial charge in [-0.15, -0.1) is 0 Å². The lowest BCUT2D eigenvalue weighted by atomic mass is 9.78. The highest BCUT2D eigenvalue weighted by Gasteiger charge is 2.39. The molecule has 0 saturated carbocycles. The van der Waals surface area contributed by atoms with Gasteiger partial charge in [-0.3, -0.25) is 0 Å². The van der Waals surface area contributed by atoms with Gasteiger partial charge in [0.15, 0.2) is 0 Å². The van der Waals surface area contributed by atoms with Crippen molar-refractivity contribution in [2.24, 2.45) is 0 Å². The van der Waals surface area contributed by atoms with Crippen molar-refractivity contribution in [2.45, 2.75) is 63.7 Å². The molecule has 6 aromatic rings. The molecule has 1 aliphatic carbocycles. The van der Waals surface area contributed by atoms with Gasteiger partial charge in [0, 0.05) is 48.4 Å². The quantitative estimate of drug-likeness (QED) is 0.181. The molecule has 50 heavy (non-hydrogen) atoms. The highest BCUT2D eigenvalue weighted by molar-refractivity contribution is 7.89. The molecule has 0 radical (unpaired) electrons. The Balaban J connectivity index is 1.21. The molecule has 0 amide bonds. The number of nitrogens with zero attached hydrogens (tertiary/aromatic N) is 2. The van der Waals surface area contributed by atoms with Crippen LogP contribution < -0.4 is 0 Å². The van der Waals surface area contributed by atoms with Crippen LogP contribution in [0.15, 0.2) is 92.0 Å². The van der Waals surface area contributed by atoms with Crippen LogP contribution in [-0.4, -0.2) is 25.4 Å². The summed E-state index contributed by atoms with van der Waals surface area (Å²) in [6, 6.07) is 18.7. The summed E-state index contributed by atoms with van der Waals surface area (Å²) < 4.78 is 59.1. The van der Waals surface area contributed by atoms with Crippen LogP contribution in [0.1, 0.15) is 44.5 Å². The van der Waals surface area contributed by atoms with Crippen molar-refractivity contribution in [3.05, 3.63) is 127 Å². The summed E-state index contributed by atoms with van der Waals surface area (Å²) in [4.78, 5) is 0.619. The molecule has 3 aliphatic rings. The van der Waals surface area contributed by atoms with Crippen molar-refractivity contribution >= 4 is 42.7 Å². The van der Waals surface area contributed by atoms with Gasteiger partial charge in [0.2, 0.25) is 20.0 Å². The van der Waals surface area contributed by atoms with E-state index in [1.54, 1.807) is 55.5 Å². The molecule has 2 aliphatic heterocycles. The van der Waals surface area contributed by atoms with Gasteiger partial charge in [0.05, 0.1) is 9.79 Å². The first kappa shape index (κ1) is 32.0. The Labute approximate surface area is 301 Å². The largest absolute Gasteiger partial charge is 0.243 e. The number of hydrogen-bond acceptors (Lipinski definition) is 6. The zero-order chi connectivity index (χ0) is 34.7. The third-order valence-electron chi connectivity index (χ3n) is 10.6. The highest BCUT2D eigenvalue weighted by Crippen LogP contribution is 2.55. The average Bonchev–Trinajstić information content (AvgIpc) is 3.90. The summed E-state index contributed by atoms with van der Waals surface area (Å²) in [5, 5.41) is 8.77. The van der Waals surface area contributed by atoms with Crippen molar-refractivity contribution in [3.8, 4) is 44.5 Å². The van der Waals surface area contributed by atoms with Gasteiger partial charge in [0.25, 0.3) is 0 Å². The maximum absolute atomic E-state index is 14.0. The van der Waals surface area contributed by atoms with Crippen molar-refractivity contribution in [1.82, 2.24) is 8.61 Å². The monoisotopic (exact) mass is 734 g/mol. The molecule has 0 unspecified atom stereocenters. The Bertz CT molecular complexity index is 2430. The predicted molar refractivity (Wildman–Crippen MR) is 202 cm³/mol. The number of benzene rings is 4. The van der Waals surface area contributed by atoms with Crippen molar-refractivity contribution in [3.63, 3.8) is 0 Å². The first-order valence-corrected chi connectivity index (χ1v) is 21.3. The molecule has 0 fully saturated rings. The smallest absolute Gasteiger partial charge is 0.207 e. The van der Waals surface area contributed by atoms with E-state index < -0.39 is 20.0 Å². The number of sulfonamides is 2. The molecule has 0 bridgehead atoms. The zero-order valence-corrected chi connectivity index (χ0v) is 31.3. The van der Waals surface area contributed by atoms with Crippen molar-refractivity contribution < 1.29 is 16.8 Å². The number of thiophene rings is 2. The predicted octanol–water partition coefficient (Wildman–Crippen LogP) is 9.43. The summed E-state index contributed by atoms with van der Waals surface area (Å²) in [6.45, 7) is 9.34. The average molecular weight is 735 g/mol. The van der Waals surface area contributed by atoms with Crippen LogP contribution in [0, 0.1) is 27.7 Å². The minimum absolute atomic E-state index is 0.298. The Hall–Kier alpha value is -3.90. The molecule has 252 valence electrons. The van der Waals surface area contributed by atoms with E-state index in [9.17, 15) is 16.8 Å². The molecule has 0 saturated heterocycles. The fourth-order valence-corrected chi connectivity index (χ4v) is 12.4. The third-order valence-corrected chi connectivity index (χ3v) is 15.7. The van der Waals surface area contributed by atoms with Crippen LogP contribution in [0.5, 0.6) is 0 Å². The third kappa shape index (κ3) is 4.69. The van der Waals surface area contributed by atoms with E-state index in [1.807, 2.05) is 38.1 Å². The van der Waals surface area contributed by atoms with Gasteiger partial charge >= 0.3 is 0 Å². The van der Waals surface area contributed by atoms with Crippen LogP contribution in [0.3, 0.4) is 0 Å². The molecule has 0 atom stereocenters. The van der Waals surface area contributed by atoms with E-state index in [4.69, 9.17) is 0 Å². The Morgan fingerprint density at radius 3 is 1.18 bits per heavy atom. The SMILES string of the molecule is Cc1ccc(S(=O)(=O)N2Cc3c(C)cc4c(c3C2)-c2cscc2-c2cc(C)c3c(c2-c2cscc2-4)CN(S(=O)(=O)c2ccc(C)cc2)C3)cc1. The molecule has 10 heteroatoms. The molecule has 4 heterocycles. The van der Waals surface area contributed by atoms with Gasteiger partial charge in [-0.2, -0.15) is 31.3 Å². The lowest BCUT2D eigenvalue weighted by molar-refractivity contribution is 0.431. The van der Waals surface area contributed by atoms with Crippen LogP contribution >= 0.6 is 22.7 Å². The van der Waals surface area contributed by atoms with Crippen molar-refractivity contribution in [2.75, 3.05) is 0 Å². The normalized spacial score (nSPS) is 15.4. The Kier molecular flexibility index (Phi) is 7.24. The zero-order valence-electron chi connectivity index (χ0n) is 28.1. The topological polar surface area (TPSA) is 74.8 Å². The van der Waals surface area contributed by atoms with Gasteiger partial charge in [-0.05, 0) is 129 Å². The van der Waals surface area contributed by atoms with Gasteiger partial charge in [0.1, 0.15) is 0 Å². The van der Waals surface area contributed by atoms with Crippen LogP contribution in [0.25, 0.3) is 44.5 Å². The molecular formula is C40H34N2O4S4. The summed E-state index contributed by atoms with van der Waals surface area (Å²) in [7, 11) is -7.43. The lowest BCUT2D eigenvalue weighted by Crippen LogP contribution is -2.25. The minimum Gasteiger partial charge on any atom is -0.207 e. The van der Waals surface area contributed by atoms with E-state index in [2.05, 4.69) is 47.5 Å². The fourth-order valence-electron chi connectivity index (χ4n) is 7.96. The van der Waals surface area contributed by atoms with Crippen molar-refractivity contribution in [1.29, 1.82) is 0 Å². The molecule has 9 rings (SSSR count). The van der Waals surface area contributed by atoms with Crippen LogP contribution in [0.2, 0.25) is 0 Å². The number of fused-ring (bicyclic) bond motifs is 12. The van der Waals surface area contributed by atoms with E-state index >= 15 is 0 Å². The van der Waals surface area contributed by atoms with E-state index in [1.165, 1.54) is 0 Å². The van der Waals surface area contributed by atoms with Gasteiger partial charge in [-0.1, -0.05) is 47.5 Å². The van der Waals surface area contributed by atoms with Gasteiger partial charge < -0.3 is 0 Å². The first-order valence-electron chi connectivity index (χ1n) is 16.5. The summed E-state index contributed by atoms with van der Waals surface area (Å²) in [5.41, 5.74) is 17.2. The second-order valence-electron chi connectivity index (χ2n) is 13.7. The number of hydrogen-bond donors (Lipinski definition) is 0. The molecule has 0 spiro atoms. The lowest BCUT2D eigenvalue weighted by Gasteiger charge is -2.24. The summed E-state index contributed by atoms with van der Waals surface area (Å²) in [6.07, 6.45) is 0. The first-order chi connectivity index (χ1) is 23.9. The van der Waals surface area contributed by atoms with E-state index in [-0.39, 0.29) is 0 Å². The molecule has 2 aromatic heterocycles. The molecule has 0 N–H and O–H groups in total.